The predicted molar refractivity (Wildman–Crippen MR) is 99.7 cm³/mol. The fraction of sp³-hybridized carbons (Fsp3) is 0.706. The molecule has 0 aliphatic heterocycles. The van der Waals surface area contributed by atoms with Crippen LogP contribution in [0.2, 0.25) is 0 Å². The van der Waals surface area contributed by atoms with Gasteiger partial charge in [-0.15, -0.1) is 0 Å². The fourth-order valence-electron chi connectivity index (χ4n) is 2.09. The third kappa shape index (κ3) is 13.4. The number of nitrogens with one attached hydrogen (secondary N) is 5. The van der Waals surface area contributed by atoms with Crippen LogP contribution in [0.15, 0.2) is 0 Å². The van der Waals surface area contributed by atoms with E-state index in [0.29, 0.717) is 12.7 Å². The Morgan fingerprint density at radius 3 is 2.19 bits per heavy atom. The van der Waals surface area contributed by atoms with Crippen LogP contribution in [0.5, 0.6) is 0 Å². The summed E-state index contributed by atoms with van der Waals surface area (Å²) in [4.78, 5) is 57.2. The van der Waals surface area contributed by atoms with Crippen molar-refractivity contribution in [1.82, 2.24) is 26.6 Å². The third-order valence-electron chi connectivity index (χ3n) is 3.60. The van der Waals surface area contributed by atoms with Crippen molar-refractivity contribution >= 4 is 29.9 Å². The number of carbonyl (C=O) groups excluding carboxylic acids is 5. The molecule has 0 aromatic rings. The lowest BCUT2D eigenvalue weighted by Crippen LogP contribution is -2.50. The molecule has 154 valence electrons. The van der Waals surface area contributed by atoms with Gasteiger partial charge in [-0.3, -0.25) is 19.2 Å². The maximum atomic E-state index is 12.2. The Hall–Kier alpha value is -2.49. The lowest BCUT2D eigenvalue weighted by Gasteiger charge is -2.18. The molecule has 0 radical (unpaired) electrons. The fourth-order valence-corrected chi connectivity index (χ4v) is 2.09. The Labute approximate surface area is 159 Å². The first-order valence-electron chi connectivity index (χ1n) is 9.13. The molecule has 0 saturated heterocycles. The van der Waals surface area contributed by atoms with Crippen LogP contribution in [0.1, 0.15) is 39.0 Å². The lowest BCUT2D eigenvalue weighted by atomic mass is 10.1. The summed E-state index contributed by atoms with van der Waals surface area (Å²) >= 11 is 0. The van der Waals surface area contributed by atoms with Gasteiger partial charge in [-0.05, 0) is 32.9 Å². The molecule has 0 saturated carbocycles. The minimum atomic E-state index is -0.738. The average molecular weight is 385 g/mol. The summed E-state index contributed by atoms with van der Waals surface area (Å²) in [7, 11) is 1.83. The van der Waals surface area contributed by atoms with Gasteiger partial charge in [-0.25, -0.2) is 0 Å². The maximum Gasteiger partial charge on any atom is 0.242 e. The van der Waals surface area contributed by atoms with E-state index < -0.39 is 17.9 Å². The second-order valence-corrected chi connectivity index (χ2v) is 5.87. The molecule has 0 spiro atoms. The van der Waals surface area contributed by atoms with Crippen LogP contribution in [0.25, 0.3) is 0 Å². The topological polar surface area (TPSA) is 146 Å². The normalized spacial score (nSPS) is 11.2. The number of amides is 4. The van der Waals surface area contributed by atoms with Crippen molar-refractivity contribution in [3.8, 4) is 0 Å². The zero-order valence-electron chi connectivity index (χ0n) is 16.1. The van der Waals surface area contributed by atoms with Gasteiger partial charge in [0.1, 0.15) is 12.3 Å². The van der Waals surface area contributed by atoms with Crippen molar-refractivity contribution in [2.45, 2.75) is 45.1 Å². The smallest absolute Gasteiger partial charge is 0.242 e. The van der Waals surface area contributed by atoms with E-state index in [1.165, 1.54) is 0 Å². The number of unbranched alkanes of at least 4 members (excludes halogenated alkanes) is 1. The summed E-state index contributed by atoms with van der Waals surface area (Å²) in [5, 5.41) is 13.0. The SMILES string of the molecule is CCC(=O)NCC(=O)NCC(=O)NC(CCCCNC)C(=O)NCCC=O. The van der Waals surface area contributed by atoms with Crippen molar-refractivity contribution in [1.29, 1.82) is 0 Å². The van der Waals surface area contributed by atoms with Crippen molar-refractivity contribution in [3.63, 3.8) is 0 Å². The van der Waals surface area contributed by atoms with Gasteiger partial charge in [0.25, 0.3) is 0 Å². The van der Waals surface area contributed by atoms with Crippen LogP contribution < -0.4 is 26.6 Å². The Morgan fingerprint density at radius 2 is 1.56 bits per heavy atom. The highest BCUT2D eigenvalue weighted by Gasteiger charge is 2.20. The Bertz CT molecular complexity index is 498. The van der Waals surface area contributed by atoms with Gasteiger partial charge in [0.15, 0.2) is 0 Å². The van der Waals surface area contributed by atoms with Crippen molar-refractivity contribution in [2.24, 2.45) is 0 Å². The average Bonchev–Trinajstić information content (AvgIpc) is 2.66. The number of carbonyl (C=O) groups is 5. The Balaban J connectivity index is 4.40. The monoisotopic (exact) mass is 385 g/mol. The summed E-state index contributed by atoms with van der Waals surface area (Å²) < 4.78 is 0. The predicted octanol–water partition coefficient (Wildman–Crippen LogP) is -1.79. The number of rotatable bonds is 15. The second-order valence-electron chi connectivity index (χ2n) is 5.87. The van der Waals surface area contributed by atoms with Gasteiger partial charge in [0.2, 0.25) is 23.6 Å². The lowest BCUT2D eigenvalue weighted by molar-refractivity contribution is -0.130. The summed E-state index contributed by atoms with van der Waals surface area (Å²) in [6, 6.07) is -0.738. The van der Waals surface area contributed by atoms with Crippen LogP contribution in [-0.2, 0) is 24.0 Å². The van der Waals surface area contributed by atoms with Crippen LogP contribution in [-0.4, -0.2) is 69.2 Å². The first-order valence-corrected chi connectivity index (χ1v) is 9.13. The molecular weight excluding hydrogens is 354 g/mol. The molecule has 10 nitrogen and oxygen atoms in total. The summed E-state index contributed by atoms with van der Waals surface area (Å²) in [5.41, 5.74) is 0. The van der Waals surface area contributed by atoms with E-state index >= 15 is 0 Å². The molecule has 0 bridgehead atoms. The minimum Gasteiger partial charge on any atom is -0.354 e. The summed E-state index contributed by atoms with van der Waals surface area (Å²) in [6.07, 6.45) is 3.18. The zero-order chi connectivity index (χ0) is 20.5. The molecular formula is C17H31N5O5. The molecule has 0 aromatic heterocycles. The molecule has 5 N–H and O–H groups in total. The van der Waals surface area contributed by atoms with Crippen LogP contribution >= 0.6 is 0 Å². The first-order chi connectivity index (χ1) is 12.9. The Morgan fingerprint density at radius 1 is 0.889 bits per heavy atom. The van der Waals surface area contributed by atoms with Crippen LogP contribution in [0.4, 0.5) is 0 Å². The highest BCUT2D eigenvalue weighted by molar-refractivity contribution is 5.91. The van der Waals surface area contributed by atoms with Gasteiger partial charge in [0.05, 0.1) is 13.1 Å². The molecule has 0 aromatic carbocycles. The number of hydrogen-bond donors (Lipinski definition) is 5. The number of aldehydes is 1. The van der Waals surface area contributed by atoms with Gasteiger partial charge in [-0.1, -0.05) is 6.92 Å². The summed E-state index contributed by atoms with van der Waals surface area (Å²) in [6.45, 7) is 2.17. The second kappa shape index (κ2) is 15.7. The summed E-state index contributed by atoms with van der Waals surface area (Å²) in [5.74, 6) is -1.62. The van der Waals surface area contributed by atoms with E-state index in [0.717, 1.165) is 19.4 Å². The molecule has 0 fully saturated rings. The van der Waals surface area contributed by atoms with Gasteiger partial charge < -0.3 is 31.4 Å². The first kappa shape index (κ1) is 24.5. The molecule has 10 heteroatoms. The van der Waals surface area contributed by atoms with Crippen molar-refractivity contribution < 1.29 is 24.0 Å². The molecule has 4 amide bonds. The van der Waals surface area contributed by atoms with Gasteiger partial charge >= 0.3 is 0 Å². The van der Waals surface area contributed by atoms with Crippen molar-refractivity contribution in [3.05, 3.63) is 0 Å². The quantitative estimate of drug-likeness (QED) is 0.166. The largest absolute Gasteiger partial charge is 0.354 e. The molecule has 0 rings (SSSR count). The standard InChI is InChI=1S/C17H31N5O5/c1-3-14(24)20-11-15(25)21-12-16(26)22-13(7-4-5-8-18-2)17(27)19-9-6-10-23/h10,13,18H,3-9,11-12H2,1-2H3,(H,19,27)(H,20,24)(H,21,25)(H,22,26). The van der Waals surface area contributed by atoms with E-state index in [-0.39, 0.29) is 44.3 Å². The van der Waals surface area contributed by atoms with Crippen molar-refractivity contribution in [2.75, 3.05) is 33.2 Å². The molecule has 1 atom stereocenters. The van der Waals surface area contributed by atoms with E-state index in [1.807, 2.05) is 7.05 Å². The number of hydrogen-bond acceptors (Lipinski definition) is 6. The van der Waals surface area contributed by atoms with E-state index in [1.54, 1.807) is 6.92 Å². The third-order valence-corrected chi connectivity index (χ3v) is 3.60. The van der Waals surface area contributed by atoms with Crippen LogP contribution in [0, 0.1) is 0 Å². The molecule has 27 heavy (non-hydrogen) atoms. The molecule has 0 aliphatic rings. The van der Waals surface area contributed by atoms with Gasteiger partial charge in [-0.2, -0.15) is 0 Å². The molecule has 0 heterocycles. The van der Waals surface area contributed by atoms with Gasteiger partial charge in [0, 0.05) is 19.4 Å². The Kier molecular flexibility index (Phi) is 14.3. The highest BCUT2D eigenvalue weighted by atomic mass is 16.2. The maximum absolute atomic E-state index is 12.2. The molecule has 1 unspecified atom stereocenters. The van der Waals surface area contributed by atoms with E-state index in [9.17, 15) is 24.0 Å². The highest BCUT2D eigenvalue weighted by Crippen LogP contribution is 2.01. The minimum absolute atomic E-state index is 0.200. The molecule has 0 aliphatic carbocycles. The van der Waals surface area contributed by atoms with E-state index in [4.69, 9.17) is 0 Å². The zero-order valence-corrected chi connectivity index (χ0v) is 16.1. The van der Waals surface area contributed by atoms with Crippen LogP contribution in [0.3, 0.4) is 0 Å². The van der Waals surface area contributed by atoms with E-state index in [2.05, 4.69) is 26.6 Å².